The summed E-state index contributed by atoms with van der Waals surface area (Å²) >= 11 is 3.45. The highest BCUT2D eigenvalue weighted by molar-refractivity contribution is 9.10. The smallest absolute Gasteiger partial charge is 0.107 e. The van der Waals surface area contributed by atoms with Gasteiger partial charge >= 0.3 is 0 Å². The van der Waals surface area contributed by atoms with E-state index in [2.05, 4.69) is 53.8 Å². The fourth-order valence-corrected chi connectivity index (χ4v) is 2.39. The molecule has 2 rings (SSSR count). The number of allylic oxidation sites excluding steroid dienone is 4. The normalized spacial score (nSPS) is 16.2. The fourth-order valence-electron chi connectivity index (χ4n) is 1.95. The second-order valence-corrected chi connectivity index (χ2v) is 6.43. The van der Waals surface area contributed by atoms with Gasteiger partial charge in [-0.2, -0.15) is 0 Å². The predicted octanol–water partition coefficient (Wildman–Crippen LogP) is 4.76. The molecule has 1 aliphatic carbocycles. The van der Waals surface area contributed by atoms with E-state index in [1.165, 1.54) is 0 Å². The van der Waals surface area contributed by atoms with Gasteiger partial charge in [-0.3, -0.25) is 0 Å². The molecule has 0 fully saturated rings. The topological polar surface area (TPSA) is 33.1 Å². The van der Waals surface area contributed by atoms with Gasteiger partial charge < -0.3 is 5.11 Å². The minimum absolute atomic E-state index is 0.00686. The van der Waals surface area contributed by atoms with Gasteiger partial charge in [0.15, 0.2) is 0 Å². The number of rotatable bonds is 1. The van der Waals surface area contributed by atoms with Gasteiger partial charge in [0.2, 0.25) is 0 Å². The van der Waals surface area contributed by atoms with Crippen molar-refractivity contribution in [2.45, 2.75) is 39.0 Å². The van der Waals surface area contributed by atoms with Gasteiger partial charge in [0.25, 0.3) is 0 Å². The van der Waals surface area contributed by atoms with E-state index in [-0.39, 0.29) is 5.41 Å². The van der Waals surface area contributed by atoms with Gasteiger partial charge in [-0.25, -0.2) is 4.98 Å². The summed E-state index contributed by atoms with van der Waals surface area (Å²) in [6.07, 6.45) is 5.72. The molecule has 1 aromatic heterocycles. The van der Waals surface area contributed by atoms with Crippen molar-refractivity contribution in [2.75, 3.05) is 0 Å². The highest BCUT2D eigenvalue weighted by Gasteiger charge is 2.18. The lowest BCUT2D eigenvalue weighted by molar-refractivity contribution is 0.391. The zero-order valence-corrected chi connectivity index (χ0v) is 12.6. The molecular formula is C15H18BrNO. The first-order valence-corrected chi connectivity index (χ1v) is 6.94. The molecule has 2 nitrogen and oxygen atoms in total. The van der Waals surface area contributed by atoms with Crippen LogP contribution in [0.2, 0.25) is 0 Å². The predicted molar refractivity (Wildman–Crippen MR) is 78.6 cm³/mol. The van der Waals surface area contributed by atoms with Crippen LogP contribution in [0.25, 0.3) is 5.57 Å². The van der Waals surface area contributed by atoms with Gasteiger partial charge in [0.1, 0.15) is 10.4 Å². The van der Waals surface area contributed by atoms with E-state index in [9.17, 15) is 5.11 Å². The summed E-state index contributed by atoms with van der Waals surface area (Å²) in [6.45, 7) is 6.41. The molecule has 0 aliphatic heterocycles. The maximum Gasteiger partial charge on any atom is 0.107 e. The van der Waals surface area contributed by atoms with Crippen LogP contribution in [0, 0.1) is 0 Å². The molecule has 0 bridgehead atoms. The van der Waals surface area contributed by atoms with E-state index in [0.717, 1.165) is 34.3 Å². The van der Waals surface area contributed by atoms with Crippen LogP contribution in [0.4, 0.5) is 0 Å². The Kier molecular flexibility index (Phi) is 3.62. The molecule has 0 saturated heterocycles. The Morgan fingerprint density at radius 2 is 2.00 bits per heavy atom. The largest absolute Gasteiger partial charge is 0.512 e. The summed E-state index contributed by atoms with van der Waals surface area (Å²) < 4.78 is 0.809. The molecule has 0 radical (unpaired) electrons. The molecule has 96 valence electrons. The molecule has 0 amide bonds. The van der Waals surface area contributed by atoms with Gasteiger partial charge in [0, 0.05) is 23.1 Å². The Labute approximate surface area is 117 Å². The number of nitrogens with zero attached hydrogens (tertiary/aromatic N) is 1. The first-order valence-electron chi connectivity index (χ1n) is 6.15. The number of pyridine rings is 1. The summed E-state index contributed by atoms with van der Waals surface area (Å²) in [5, 5.41) is 10.00. The van der Waals surface area contributed by atoms with E-state index in [4.69, 9.17) is 0 Å². The molecule has 0 spiro atoms. The summed E-state index contributed by atoms with van der Waals surface area (Å²) in [4.78, 5) is 4.51. The van der Waals surface area contributed by atoms with Gasteiger partial charge in [-0.05, 0) is 40.0 Å². The van der Waals surface area contributed by atoms with Crippen LogP contribution >= 0.6 is 15.9 Å². The number of aromatic nitrogens is 1. The van der Waals surface area contributed by atoms with Crippen molar-refractivity contribution in [3.05, 3.63) is 45.9 Å². The quantitative estimate of drug-likeness (QED) is 0.759. The Hall–Kier alpha value is -1.09. The third-order valence-corrected chi connectivity index (χ3v) is 3.42. The van der Waals surface area contributed by atoms with Crippen LogP contribution < -0.4 is 0 Å². The van der Waals surface area contributed by atoms with Gasteiger partial charge in [-0.1, -0.05) is 32.9 Å². The second kappa shape index (κ2) is 4.88. The van der Waals surface area contributed by atoms with Crippen LogP contribution in [0.15, 0.2) is 34.6 Å². The van der Waals surface area contributed by atoms with E-state index in [0.29, 0.717) is 5.76 Å². The maximum absolute atomic E-state index is 10.00. The minimum Gasteiger partial charge on any atom is -0.512 e. The van der Waals surface area contributed by atoms with Gasteiger partial charge in [-0.15, -0.1) is 0 Å². The lowest BCUT2D eigenvalue weighted by Gasteiger charge is -2.20. The molecule has 1 heterocycles. The molecule has 0 atom stereocenters. The molecule has 0 saturated carbocycles. The fraction of sp³-hybridized carbons (Fsp3) is 0.400. The third kappa shape index (κ3) is 2.83. The van der Waals surface area contributed by atoms with Crippen LogP contribution in [0.5, 0.6) is 0 Å². The second-order valence-electron chi connectivity index (χ2n) is 5.62. The Morgan fingerprint density at radius 3 is 2.61 bits per heavy atom. The van der Waals surface area contributed by atoms with E-state index >= 15 is 0 Å². The standard InChI is InChI=1S/C15H18BrNO/c1-15(2,3)13-8-10(9-14(16)17-13)11-6-4-5-7-12(11)18/h4,6,8-9,18H,5,7H2,1-3H3. The van der Waals surface area contributed by atoms with E-state index < -0.39 is 0 Å². The number of aliphatic hydroxyl groups is 1. The molecule has 1 aromatic rings. The molecule has 1 N–H and O–H groups in total. The minimum atomic E-state index is -0.00686. The van der Waals surface area contributed by atoms with E-state index in [1.54, 1.807) is 0 Å². The Balaban J connectivity index is 2.53. The summed E-state index contributed by atoms with van der Waals surface area (Å²) in [5.74, 6) is 0.468. The van der Waals surface area contributed by atoms with Crippen molar-refractivity contribution in [1.29, 1.82) is 0 Å². The zero-order valence-electron chi connectivity index (χ0n) is 11.0. The van der Waals surface area contributed by atoms with Crippen molar-refractivity contribution in [3.8, 4) is 0 Å². The first kappa shape index (κ1) is 13.3. The first-order chi connectivity index (χ1) is 8.38. The summed E-state index contributed by atoms with van der Waals surface area (Å²) in [5.41, 5.74) is 2.95. The number of aliphatic hydroxyl groups excluding tert-OH is 1. The number of hydrogen-bond donors (Lipinski definition) is 1. The Morgan fingerprint density at radius 1 is 1.28 bits per heavy atom. The molecular weight excluding hydrogens is 290 g/mol. The maximum atomic E-state index is 10.00. The van der Waals surface area contributed by atoms with E-state index in [1.807, 2.05) is 12.1 Å². The van der Waals surface area contributed by atoms with Crippen molar-refractivity contribution >= 4 is 21.5 Å². The molecule has 0 aromatic carbocycles. The average molecular weight is 308 g/mol. The lowest BCUT2D eigenvalue weighted by Crippen LogP contribution is -2.14. The zero-order chi connectivity index (χ0) is 13.3. The molecule has 18 heavy (non-hydrogen) atoms. The van der Waals surface area contributed by atoms with Crippen molar-refractivity contribution in [2.24, 2.45) is 0 Å². The lowest BCUT2D eigenvalue weighted by atomic mass is 9.89. The van der Waals surface area contributed by atoms with Crippen molar-refractivity contribution in [1.82, 2.24) is 4.98 Å². The number of halogens is 1. The highest BCUT2D eigenvalue weighted by Crippen LogP contribution is 2.30. The third-order valence-electron chi connectivity index (χ3n) is 3.02. The monoisotopic (exact) mass is 307 g/mol. The number of hydrogen-bond acceptors (Lipinski definition) is 2. The van der Waals surface area contributed by atoms with Crippen LogP contribution in [0.1, 0.15) is 44.9 Å². The summed E-state index contributed by atoms with van der Waals surface area (Å²) in [6, 6.07) is 4.02. The summed E-state index contributed by atoms with van der Waals surface area (Å²) in [7, 11) is 0. The van der Waals surface area contributed by atoms with Crippen molar-refractivity contribution in [3.63, 3.8) is 0 Å². The SMILES string of the molecule is CC(C)(C)c1cc(C2=C(O)CCC=C2)cc(Br)n1. The van der Waals surface area contributed by atoms with Gasteiger partial charge in [0.05, 0.1) is 0 Å². The highest BCUT2D eigenvalue weighted by atomic mass is 79.9. The van der Waals surface area contributed by atoms with Crippen LogP contribution in [0.3, 0.4) is 0 Å². The average Bonchev–Trinajstić information content (AvgIpc) is 2.27. The molecule has 0 unspecified atom stereocenters. The van der Waals surface area contributed by atoms with Crippen LogP contribution in [-0.2, 0) is 5.41 Å². The van der Waals surface area contributed by atoms with Crippen molar-refractivity contribution < 1.29 is 5.11 Å². The van der Waals surface area contributed by atoms with Crippen LogP contribution in [-0.4, -0.2) is 10.1 Å². The molecule has 1 aliphatic rings. The molecule has 3 heteroatoms. The Bertz CT molecular complexity index is 524.